The molecule has 0 saturated heterocycles. The van der Waals surface area contributed by atoms with Gasteiger partial charge in [-0.1, -0.05) is 48.0 Å². The van der Waals surface area contributed by atoms with Gasteiger partial charge in [0.05, 0.1) is 0 Å². The molecule has 100 valence electrons. The summed E-state index contributed by atoms with van der Waals surface area (Å²) in [6.07, 6.45) is 0.906. The monoisotopic (exact) mass is 274 g/mol. The van der Waals surface area contributed by atoms with Crippen molar-refractivity contribution in [3.63, 3.8) is 0 Å². The topological polar surface area (TPSA) is 38.0 Å². The van der Waals surface area contributed by atoms with Crippen LogP contribution in [0.3, 0.4) is 0 Å². The van der Waals surface area contributed by atoms with Crippen molar-refractivity contribution in [3.05, 3.63) is 64.7 Å². The highest BCUT2D eigenvalue weighted by Gasteiger charge is 2.08. The average Bonchev–Trinajstić information content (AvgIpc) is 2.43. The quantitative estimate of drug-likeness (QED) is 0.874. The van der Waals surface area contributed by atoms with E-state index in [9.17, 15) is 0 Å². The zero-order valence-electron chi connectivity index (χ0n) is 11.1. The van der Waals surface area contributed by atoms with Gasteiger partial charge in [0, 0.05) is 23.3 Å². The molecular formula is C16H19ClN2. The number of aryl methyl sites for hydroxylation is 1. The Kier molecular flexibility index (Phi) is 4.83. The van der Waals surface area contributed by atoms with Gasteiger partial charge < -0.3 is 11.1 Å². The molecule has 0 aliphatic heterocycles. The van der Waals surface area contributed by atoms with Crippen LogP contribution in [0.2, 0.25) is 5.02 Å². The van der Waals surface area contributed by atoms with Gasteiger partial charge in [-0.15, -0.1) is 0 Å². The number of benzene rings is 2. The lowest BCUT2D eigenvalue weighted by Crippen LogP contribution is -2.31. The summed E-state index contributed by atoms with van der Waals surface area (Å²) in [5.74, 6) is 0. The second-order valence-corrected chi connectivity index (χ2v) is 5.14. The van der Waals surface area contributed by atoms with Crippen LogP contribution in [0.25, 0.3) is 0 Å². The molecule has 2 aromatic carbocycles. The minimum Gasteiger partial charge on any atom is -0.381 e. The van der Waals surface area contributed by atoms with E-state index in [2.05, 4.69) is 17.4 Å². The Hall–Kier alpha value is -1.51. The number of hydrogen-bond donors (Lipinski definition) is 2. The van der Waals surface area contributed by atoms with Crippen LogP contribution in [0.1, 0.15) is 11.1 Å². The molecule has 2 aromatic rings. The molecule has 3 N–H and O–H groups in total. The van der Waals surface area contributed by atoms with E-state index in [1.807, 2.05) is 43.3 Å². The van der Waals surface area contributed by atoms with E-state index in [1.165, 1.54) is 5.56 Å². The molecule has 0 aliphatic carbocycles. The van der Waals surface area contributed by atoms with Crippen LogP contribution in [-0.4, -0.2) is 12.6 Å². The maximum atomic E-state index is 6.13. The van der Waals surface area contributed by atoms with Crippen LogP contribution in [0.15, 0.2) is 48.5 Å². The fraction of sp³-hybridized carbons (Fsp3) is 0.250. The van der Waals surface area contributed by atoms with Gasteiger partial charge in [-0.25, -0.2) is 0 Å². The maximum Gasteiger partial charge on any atom is 0.0455 e. The number of rotatable bonds is 5. The van der Waals surface area contributed by atoms with Crippen molar-refractivity contribution in [1.29, 1.82) is 0 Å². The normalized spacial score (nSPS) is 12.2. The molecule has 1 unspecified atom stereocenters. The molecule has 0 amide bonds. The number of anilines is 1. The third-order valence-corrected chi connectivity index (χ3v) is 3.56. The third-order valence-electron chi connectivity index (χ3n) is 3.15. The smallest absolute Gasteiger partial charge is 0.0455 e. The zero-order chi connectivity index (χ0) is 13.7. The lowest BCUT2D eigenvalue weighted by Gasteiger charge is -2.18. The molecule has 0 bridgehead atoms. The summed E-state index contributed by atoms with van der Waals surface area (Å²) >= 11 is 6.13. The molecular weight excluding hydrogens is 256 g/mol. The summed E-state index contributed by atoms with van der Waals surface area (Å²) in [5, 5.41) is 4.21. The Labute approximate surface area is 119 Å². The second kappa shape index (κ2) is 6.60. The molecule has 19 heavy (non-hydrogen) atoms. The molecule has 0 aromatic heterocycles. The van der Waals surface area contributed by atoms with Gasteiger partial charge >= 0.3 is 0 Å². The zero-order valence-corrected chi connectivity index (χ0v) is 11.8. The second-order valence-electron chi connectivity index (χ2n) is 4.73. The lowest BCUT2D eigenvalue weighted by molar-refractivity contribution is 0.724. The Morgan fingerprint density at radius 1 is 1.16 bits per heavy atom. The molecule has 0 radical (unpaired) electrons. The van der Waals surface area contributed by atoms with Crippen molar-refractivity contribution in [2.75, 3.05) is 11.9 Å². The summed E-state index contributed by atoms with van der Waals surface area (Å²) in [6, 6.07) is 16.6. The molecule has 0 spiro atoms. The van der Waals surface area contributed by atoms with E-state index < -0.39 is 0 Å². The first-order chi connectivity index (χ1) is 9.19. The molecule has 0 heterocycles. The standard InChI is InChI=1S/C16H19ClN2/c1-12-7-8-14(10-16(12)17)19-15(11-18)9-13-5-3-2-4-6-13/h2-8,10,15,19H,9,11,18H2,1H3. The van der Waals surface area contributed by atoms with Gasteiger partial charge in [0.1, 0.15) is 0 Å². The summed E-state index contributed by atoms with van der Waals surface area (Å²) in [7, 11) is 0. The first kappa shape index (κ1) is 13.9. The van der Waals surface area contributed by atoms with Gasteiger partial charge in [-0.3, -0.25) is 0 Å². The Balaban J connectivity index is 2.04. The molecule has 1 atom stereocenters. The number of nitrogens with one attached hydrogen (secondary N) is 1. The Morgan fingerprint density at radius 3 is 2.53 bits per heavy atom. The van der Waals surface area contributed by atoms with E-state index in [0.717, 1.165) is 22.7 Å². The van der Waals surface area contributed by atoms with Crippen molar-refractivity contribution in [1.82, 2.24) is 0 Å². The SMILES string of the molecule is Cc1ccc(NC(CN)Cc2ccccc2)cc1Cl. The van der Waals surface area contributed by atoms with Gasteiger partial charge in [0.25, 0.3) is 0 Å². The minimum atomic E-state index is 0.209. The molecule has 2 rings (SSSR count). The predicted molar refractivity (Wildman–Crippen MR) is 82.8 cm³/mol. The van der Waals surface area contributed by atoms with Gasteiger partial charge in [-0.05, 0) is 36.6 Å². The predicted octanol–water partition coefficient (Wildman–Crippen LogP) is 3.63. The van der Waals surface area contributed by atoms with Crippen molar-refractivity contribution < 1.29 is 0 Å². The fourth-order valence-electron chi connectivity index (χ4n) is 2.01. The highest BCUT2D eigenvalue weighted by Crippen LogP contribution is 2.21. The van der Waals surface area contributed by atoms with Crippen molar-refractivity contribution >= 4 is 17.3 Å². The van der Waals surface area contributed by atoms with Crippen molar-refractivity contribution in [3.8, 4) is 0 Å². The number of hydrogen-bond acceptors (Lipinski definition) is 2. The summed E-state index contributed by atoms with van der Waals surface area (Å²) < 4.78 is 0. The van der Waals surface area contributed by atoms with Crippen LogP contribution >= 0.6 is 11.6 Å². The van der Waals surface area contributed by atoms with Gasteiger partial charge in [-0.2, -0.15) is 0 Å². The highest BCUT2D eigenvalue weighted by atomic mass is 35.5. The average molecular weight is 275 g/mol. The molecule has 2 nitrogen and oxygen atoms in total. The van der Waals surface area contributed by atoms with Crippen molar-refractivity contribution in [2.45, 2.75) is 19.4 Å². The van der Waals surface area contributed by atoms with Crippen LogP contribution in [0.5, 0.6) is 0 Å². The number of nitrogens with two attached hydrogens (primary N) is 1. The molecule has 0 aliphatic rings. The first-order valence-electron chi connectivity index (χ1n) is 6.45. The van der Waals surface area contributed by atoms with Gasteiger partial charge in [0.15, 0.2) is 0 Å². The minimum absolute atomic E-state index is 0.209. The van der Waals surface area contributed by atoms with Gasteiger partial charge in [0.2, 0.25) is 0 Å². The van der Waals surface area contributed by atoms with E-state index in [-0.39, 0.29) is 6.04 Å². The summed E-state index contributed by atoms with van der Waals surface area (Å²) in [6.45, 7) is 2.58. The van der Waals surface area contributed by atoms with Crippen LogP contribution in [-0.2, 0) is 6.42 Å². The largest absolute Gasteiger partial charge is 0.381 e. The van der Waals surface area contributed by atoms with Crippen LogP contribution in [0.4, 0.5) is 5.69 Å². The summed E-state index contributed by atoms with van der Waals surface area (Å²) in [5.41, 5.74) is 9.22. The molecule has 3 heteroatoms. The van der Waals surface area contributed by atoms with E-state index in [1.54, 1.807) is 0 Å². The Bertz CT molecular complexity index is 526. The summed E-state index contributed by atoms with van der Waals surface area (Å²) in [4.78, 5) is 0. The maximum absolute atomic E-state index is 6.13. The lowest BCUT2D eigenvalue weighted by atomic mass is 10.1. The third kappa shape index (κ3) is 3.98. The van der Waals surface area contributed by atoms with Crippen LogP contribution in [0, 0.1) is 6.92 Å². The molecule has 0 fully saturated rings. The van der Waals surface area contributed by atoms with Crippen LogP contribution < -0.4 is 11.1 Å². The van der Waals surface area contributed by atoms with E-state index in [4.69, 9.17) is 17.3 Å². The van der Waals surface area contributed by atoms with E-state index in [0.29, 0.717) is 6.54 Å². The first-order valence-corrected chi connectivity index (χ1v) is 6.83. The molecule has 0 saturated carbocycles. The number of halogens is 1. The Morgan fingerprint density at radius 2 is 1.89 bits per heavy atom. The fourth-order valence-corrected chi connectivity index (χ4v) is 2.19. The van der Waals surface area contributed by atoms with E-state index >= 15 is 0 Å². The highest BCUT2D eigenvalue weighted by molar-refractivity contribution is 6.31. The van der Waals surface area contributed by atoms with Crippen molar-refractivity contribution in [2.24, 2.45) is 5.73 Å².